The lowest BCUT2D eigenvalue weighted by Gasteiger charge is -1.93. The molecule has 3 nitrogen and oxygen atoms in total. The third-order valence-electron chi connectivity index (χ3n) is 1.38. The van der Waals surface area contributed by atoms with Crippen molar-refractivity contribution in [1.29, 1.82) is 0 Å². The topological polar surface area (TPSA) is 37.9 Å². The first kappa shape index (κ1) is 6.67. The lowest BCUT2D eigenvalue weighted by atomic mass is 10.6. The third-order valence-corrected chi connectivity index (χ3v) is 2.33. The minimum atomic E-state index is 0.711. The van der Waals surface area contributed by atoms with E-state index in [9.17, 15) is 0 Å². The molecule has 0 spiro atoms. The second-order valence-corrected chi connectivity index (χ2v) is 3.11. The Labute approximate surface area is 68.0 Å². The maximum absolute atomic E-state index is 5.31. The number of hydrogen-bond acceptors (Lipinski definition) is 3. The van der Waals surface area contributed by atoms with Crippen molar-refractivity contribution >= 4 is 21.7 Å². The van der Waals surface area contributed by atoms with Gasteiger partial charge >= 0.3 is 0 Å². The van der Waals surface area contributed by atoms with E-state index in [1.165, 1.54) is 0 Å². The molecule has 11 heavy (non-hydrogen) atoms. The van der Waals surface area contributed by atoms with E-state index in [0.29, 0.717) is 6.61 Å². The van der Waals surface area contributed by atoms with Gasteiger partial charge in [0.1, 0.15) is 4.83 Å². The molecule has 0 aromatic carbocycles. The molecule has 1 N–H and O–H groups in total. The molecule has 0 aliphatic heterocycles. The van der Waals surface area contributed by atoms with Gasteiger partial charge in [-0.25, -0.2) is 4.98 Å². The van der Waals surface area contributed by atoms with Gasteiger partial charge in [0.25, 0.3) is 0 Å². The number of rotatable bonds is 2. The van der Waals surface area contributed by atoms with Crippen LogP contribution in [-0.4, -0.2) is 16.6 Å². The Morgan fingerprint density at radius 1 is 1.73 bits per heavy atom. The molecule has 58 valence electrons. The summed E-state index contributed by atoms with van der Waals surface area (Å²) >= 11 is 1.56. The van der Waals surface area contributed by atoms with Gasteiger partial charge in [-0.05, 0) is 6.92 Å². The van der Waals surface area contributed by atoms with Crippen molar-refractivity contribution in [2.24, 2.45) is 0 Å². The number of hydrogen-bond donors (Lipinski definition) is 1. The first-order chi connectivity index (χ1) is 5.40. The normalized spacial score (nSPS) is 10.6. The fraction of sp³-hybridized carbons (Fsp3) is 0.286. The summed E-state index contributed by atoms with van der Waals surface area (Å²) in [6, 6.07) is 1.97. The number of aromatic amines is 1. The van der Waals surface area contributed by atoms with Crippen LogP contribution in [0.2, 0.25) is 0 Å². The molecule has 0 radical (unpaired) electrons. The molecule has 0 unspecified atom stereocenters. The van der Waals surface area contributed by atoms with Gasteiger partial charge in [0.2, 0.25) is 0 Å². The van der Waals surface area contributed by atoms with Crippen molar-refractivity contribution in [2.75, 3.05) is 6.61 Å². The van der Waals surface area contributed by atoms with Gasteiger partial charge in [-0.15, -0.1) is 0 Å². The predicted octanol–water partition coefficient (Wildman–Crippen LogP) is 2.02. The summed E-state index contributed by atoms with van der Waals surface area (Å²) in [4.78, 5) is 8.13. The predicted molar refractivity (Wildman–Crippen MR) is 45.1 cm³/mol. The van der Waals surface area contributed by atoms with E-state index in [-0.39, 0.29) is 0 Å². The highest BCUT2D eigenvalue weighted by molar-refractivity contribution is 7.20. The van der Waals surface area contributed by atoms with E-state index in [2.05, 4.69) is 9.97 Å². The second kappa shape index (κ2) is 2.54. The zero-order valence-electron chi connectivity index (χ0n) is 6.13. The molecule has 4 heteroatoms. The van der Waals surface area contributed by atoms with Crippen molar-refractivity contribution in [1.82, 2.24) is 9.97 Å². The highest BCUT2D eigenvalue weighted by atomic mass is 32.1. The number of fused-ring (bicyclic) bond motifs is 1. The summed E-state index contributed by atoms with van der Waals surface area (Å²) in [6.45, 7) is 2.69. The van der Waals surface area contributed by atoms with Gasteiger partial charge in [-0.1, -0.05) is 11.3 Å². The first-order valence-electron chi connectivity index (χ1n) is 3.46. The summed E-state index contributed by atoms with van der Waals surface area (Å²) in [5.74, 6) is 0. The second-order valence-electron chi connectivity index (χ2n) is 2.12. The maximum Gasteiger partial charge on any atom is 0.177 e. The average Bonchev–Trinajstić information content (AvgIpc) is 2.46. The zero-order valence-corrected chi connectivity index (χ0v) is 6.94. The molecule has 0 fully saturated rings. The minimum absolute atomic E-state index is 0.711. The highest BCUT2D eigenvalue weighted by Gasteiger charge is 2.02. The highest BCUT2D eigenvalue weighted by Crippen LogP contribution is 2.28. The zero-order chi connectivity index (χ0) is 7.68. The van der Waals surface area contributed by atoms with Gasteiger partial charge in [0, 0.05) is 6.07 Å². The van der Waals surface area contributed by atoms with Crippen LogP contribution in [0.15, 0.2) is 12.4 Å². The summed E-state index contributed by atoms with van der Waals surface area (Å²) < 4.78 is 5.31. The minimum Gasteiger partial charge on any atom is -0.484 e. The van der Waals surface area contributed by atoms with E-state index < -0.39 is 0 Å². The SMILES string of the molecule is CCOc1cc2[nH]cnc2s1. The van der Waals surface area contributed by atoms with Crippen LogP contribution in [0.1, 0.15) is 6.92 Å². The lowest BCUT2D eigenvalue weighted by Crippen LogP contribution is -1.86. The molecular formula is C7H8N2OS. The molecule has 0 aliphatic carbocycles. The Kier molecular flexibility index (Phi) is 1.54. The summed E-state index contributed by atoms with van der Waals surface area (Å²) in [6.07, 6.45) is 1.69. The molecular weight excluding hydrogens is 160 g/mol. The standard InChI is InChI=1S/C7H8N2OS/c1-2-10-6-3-5-7(11-6)9-4-8-5/h3-4H,2H2,1H3,(H,8,9). The van der Waals surface area contributed by atoms with E-state index >= 15 is 0 Å². The summed E-state index contributed by atoms with van der Waals surface area (Å²) in [5.41, 5.74) is 1.05. The van der Waals surface area contributed by atoms with Gasteiger partial charge < -0.3 is 9.72 Å². The Morgan fingerprint density at radius 2 is 2.64 bits per heavy atom. The molecule has 2 rings (SSSR count). The van der Waals surface area contributed by atoms with Crippen molar-refractivity contribution in [3.63, 3.8) is 0 Å². The molecule has 0 atom stereocenters. The molecule has 2 aromatic rings. The number of nitrogens with zero attached hydrogens (tertiary/aromatic N) is 1. The van der Waals surface area contributed by atoms with Crippen LogP contribution in [0.4, 0.5) is 0 Å². The molecule has 2 aromatic heterocycles. The van der Waals surface area contributed by atoms with Crippen molar-refractivity contribution < 1.29 is 4.74 Å². The Bertz CT molecular complexity index is 323. The molecule has 0 aliphatic rings. The molecule has 0 saturated carbocycles. The Morgan fingerprint density at radius 3 is 3.36 bits per heavy atom. The summed E-state index contributed by atoms with van der Waals surface area (Å²) in [7, 11) is 0. The van der Waals surface area contributed by atoms with E-state index in [1.807, 2.05) is 13.0 Å². The third kappa shape index (κ3) is 1.09. The number of nitrogens with one attached hydrogen (secondary N) is 1. The lowest BCUT2D eigenvalue weighted by molar-refractivity contribution is 0.350. The Hall–Kier alpha value is -1.03. The van der Waals surface area contributed by atoms with Gasteiger partial charge in [0.15, 0.2) is 5.06 Å². The van der Waals surface area contributed by atoms with Crippen molar-refractivity contribution in [2.45, 2.75) is 6.92 Å². The number of thiophene rings is 1. The van der Waals surface area contributed by atoms with Gasteiger partial charge in [-0.2, -0.15) is 0 Å². The Balaban J connectivity index is 2.42. The number of aromatic nitrogens is 2. The van der Waals surface area contributed by atoms with E-state index in [0.717, 1.165) is 15.4 Å². The first-order valence-corrected chi connectivity index (χ1v) is 4.27. The fourth-order valence-electron chi connectivity index (χ4n) is 0.932. The van der Waals surface area contributed by atoms with Crippen LogP contribution in [0, 0.1) is 0 Å². The average molecular weight is 168 g/mol. The van der Waals surface area contributed by atoms with E-state index in [1.54, 1.807) is 17.7 Å². The number of H-pyrrole nitrogens is 1. The largest absolute Gasteiger partial charge is 0.484 e. The van der Waals surface area contributed by atoms with Crippen LogP contribution in [-0.2, 0) is 0 Å². The van der Waals surface area contributed by atoms with Crippen LogP contribution in [0.5, 0.6) is 5.06 Å². The molecule has 0 bridgehead atoms. The van der Waals surface area contributed by atoms with Crippen LogP contribution in [0.25, 0.3) is 10.3 Å². The smallest absolute Gasteiger partial charge is 0.177 e. The summed E-state index contributed by atoms with van der Waals surface area (Å²) in [5, 5.41) is 0.932. The molecule has 2 heterocycles. The molecule has 0 saturated heterocycles. The van der Waals surface area contributed by atoms with Gasteiger partial charge in [-0.3, -0.25) is 0 Å². The van der Waals surface area contributed by atoms with Gasteiger partial charge in [0.05, 0.1) is 18.5 Å². The fourth-order valence-corrected chi connectivity index (χ4v) is 1.81. The van der Waals surface area contributed by atoms with Crippen molar-refractivity contribution in [3.8, 4) is 5.06 Å². The van der Waals surface area contributed by atoms with Crippen LogP contribution < -0.4 is 4.74 Å². The van der Waals surface area contributed by atoms with E-state index in [4.69, 9.17) is 4.74 Å². The quantitative estimate of drug-likeness (QED) is 0.745. The number of imidazole rings is 1. The van der Waals surface area contributed by atoms with Crippen LogP contribution >= 0.6 is 11.3 Å². The molecule has 0 amide bonds. The number of ether oxygens (including phenoxy) is 1. The van der Waals surface area contributed by atoms with Crippen molar-refractivity contribution in [3.05, 3.63) is 12.4 Å². The van der Waals surface area contributed by atoms with Crippen LogP contribution in [0.3, 0.4) is 0 Å². The maximum atomic E-state index is 5.31. The monoisotopic (exact) mass is 168 g/mol.